The fourth-order valence-electron chi connectivity index (χ4n) is 2.75. The molecule has 0 aliphatic carbocycles. The molecule has 0 aromatic rings. The summed E-state index contributed by atoms with van der Waals surface area (Å²) in [4.78, 5) is 25.6. The molecule has 122 valence electrons. The topological polar surface area (TPSA) is 81.7 Å². The van der Waals surface area contributed by atoms with Gasteiger partial charge in [0.15, 0.2) is 0 Å². The molecule has 0 aromatic carbocycles. The number of carbonyl (C=O) groups excluding carboxylic acids is 1. The van der Waals surface area contributed by atoms with E-state index in [1.807, 2.05) is 6.92 Å². The molecular weight excluding hydrogens is 270 g/mol. The van der Waals surface area contributed by atoms with Crippen molar-refractivity contribution in [1.29, 1.82) is 0 Å². The number of likely N-dealkylation sites (tertiary alicyclic amines) is 1. The summed E-state index contributed by atoms with van der Waals surface area (Å²) in [6.45, 7) is 10.4. The molecule has 1 fully saturated rings. The Morgan fingerprint density at radius 3 is 2.57 bits per heavy atom. The van der Waals surface area contributed by atoms with E-state index in [0.29, 0.717) is 31.3 Å². The standard InChI is InChI=1S/C15H29N3O3/c1-5-7-15(4,13(19)20)17-14(21)16-9-12-6-8-18(10-12)11(2)3/h11-12H,5-10H2,1-4H3,(H,19,20)(H2,16,17,21). The van der Waals surface area contributed by atoms with Crippen LogP contribution in [0.25, 0.3) is 0 Å². The van der Waals surface area contributed by atoms with Gasteiger partial charge in [0, 0.05) is 19.1 Å². The van der Waals surface area contributed by atoms with Crippen molar-refractivity contribution in [2.45, 2.75) is 58.5 Å². The number of carboxylic acid groups (broad SMARTS) is 1. The third-order valence-electron chi connectivity index (χ3n) is 4.21. The molecule has 0 aromatic heterocycles. The molecule has 1 saturated heterocycles. The second-order valence-electron chi connectivity index (χ2n) is 6.47. The first-order chi connectivity index (χ1) is 9.78. The van der Waals surface area contributed by atoms with Gasteiger partial charge in [-0.2, -0.15) is 0 Å². The Labute approximate surface area is 127 Å². The number of aliphatic carboxylic acids is 1. The van der Waals surface area contributed by atoms with Gasteiger partial charge in [0.2, 0.25) is 0 Å². The predicted octanol–water partition coefficient (Wildman–Crippen LogP) is 1.66. The van der Waals surface area contributed by atoms with E-state index in [2.05, 4.69) is 29.4 Å². The average molecular weight is 299 g/mol. The van der Waals surface area contributed by atoms with Gasteiger partial charge in [-0.05, 0) is 46.1 Å². The number of hydrogen-bond acceptors (Lipinski definition) is 3. The van der Waals surface area contributed by atoms with E-state index >= 15 is 0 Å². The van der Waals surface area contributed by atoms with Gasteiger partial charge in [-0.3, -0.25) is 0 Å². The van der Waals surface area contributed by atoms with E-state index in [9.17, 15) is 14.7 Å². The lowest BCUT2D eigenvalue weighted by Crippen LogP contribution is -2.55. The summed E-state index contributed by atoms with van der Waals surface area (Å²) in [7, 11) is 0. The average Bonchev–Trinajstić information content (AvgIpc) is 2.85. The molecule has 21 heavy (non-hydrogen) atoms. The SMILES string of the molecule is CCCC(C)(NC(=O)NCC1CCN(C(C)C)C1)C(=O)O. The van der Waals surface area contributed by atoms with Crippen LogP contribution in [-0.4, -0.2) is 53.2 Å². The van der Waals surface area contributed by atoms with Crippen LogP contribution < -0.4 is 10.6 Å². The van der Waals surface area contributed by atoms with Gasteiger partial charge in [0.25, 0.3) is 0 Å². The minimum absolute atomic E-state index is 0.392. The monoisotopic (exact) mass is 299 g/mol. The molecule has 1 aliphatic rings. The van der Waals surface area contributed by atoms with Gasteiger partial charge >= 0.3 is 12.0 Å². The number of nitrogens with zero attached hydrogens (tertiary/aromatic N) is 1. The van der Waals surface area contributed by atoms with Gasteiger partial charge in [0.05, 0.1) is 0 Å². The predicted molar refractivity (Wildman–Crippen MR) is 82.3 cm³/mol. The molecule has 2 atom stereocenters. The highest BCUT2D eigenvalue weighted by atomic mass is 16.4. The number of hydrogen-bond donors (Lipinski definition) is 3. The summed E-state index contributed by atoms with van der Waals surface area (Å²) in [5.41, 5.74) is -1.20. The molecule has 2 amide bonds. The van der Waals surface area contributed by atoms with Gasteiger partial charge in [-0.15, -0.1) is 0 Å². The molecule has 6 heteroatoms. The van der Waals surface area contributed by atoms with Crippen LogP contribution in [0, 0.1) is 5.92 Å². The number of rotatable bonds is 7. The molecule has 1 aliphatic heterocycles. The van der Waals surface area contributed by atoms with E-state index < -0.39 is 17.5 Å². The van der Waals surface area contributed by atoms with Crippen LogP contribution in [-0.2, 0) is 4.79 Å². The first-order valence-electron chi connectivity index (χ1n) is 7.82. The lowest BCUT2D eigenvalue weighted by Gasteiger charge is -2.26. The second-order valence-corrected chi connectivity index (χ2v) is 6.47. The molecule has 2 unspecified atom stereocenters. The fourth-order valence-corrected chi connectivity index (χ4v) is 2.75. The number of amides is 2. The maximum atomic E-state index is 11.9. The molecule has 3 N–H and O–H groups in total. The van der Waals surface area contributed by atoms with Gasteiger partial charge in [-0.1, -0.05) is 13.3 Å². The van der Waals surface area contributed by atoms with Gasteiger partial charge in [0.1, 0.15) is 5.54 Å². The minimum Gasteiger partial charge on any atom is -0.480 e. The second kappa shape index (κ2) is 7.64. The molecule has 6 nitrogen and oxygen atoms in total. The summed E-state index contributed by atoms with van der Waals surface area (Å²) in [5, 5.41) is 14.6. The quantitative estimate of drug-likeness (QED) is 0.668. The number of carbonyl (C=O) groups is 2. The number of urea groups is 1. The van der Waals surface area contributed by atoms with Crippen LogP contribution in [0.15, 0.2) is 0 Å². The van der Waals surface area contributed by atoms with Crippen LogP contribution in [0.5, 0.6) is 0 Å². The van der Waals surface area contributed by atoms with Crippen molar-refractivity contribution in [3.63, 3.8) is 0 Å². The maximum absolute atomic E-state index is 11.9. The van der Waals surface area contributed by atoms with E-state index in [4.69, 9.17) is 0 Å². The van der Waals surface area contributed by atoms with E-state index in [1.165, 1.54) is 0 Å². The Morgan fingerprint density at radius 2 is 2.10 bits per heavy atom. The van der Waals surface area contributed by atoms with Crippen molar-refractivity contribution < 1.29 is 14.7 Å². The van der Waals surface area contributed by atoms with Crippen molar-refractivity contribution >= 4 is 12.0 Å². The van der Waals surface area contributed by atoms with Crippen LogP contribution >= 0.6 is 0 Å². The fraction of sp³-hybridized carbons (Fsp3) is 0.867. The molecule has 1 rings (SSSR count). The first-order valence-corrected chi connectivity index (χ1v) is 7.82. The third-order valence-corrected chi connectivity index (χ3v) is 4.21. The Balaban J connectivity index is 2.39. The zero-order chi connectivity index (χ0) is 16.0. The highest BCUT2D eigenvalue weighted by Gasteiger charge is 2.34. The van der Waals surface area contributed by atoms with Crippen molar-refractivity contribution in [2.75, 3.05) is 19.6 Å². The van der Waals surface area contributed by atoms with Gasteiger partial charge < -0.3 is 20.6 Å². The van der Waals surface area contributed by atoms with Crippen molar-refractivity contribution in [1.82, 2.24) is 15.5 Å². The smallest absolute Gasteiger partial charge is 0.329 e. The Kier molecular flexibility index (Phi) is 6.45. The maximum Gasteiger partial charge on any atom is 0.329 e. The number of nitrogens with one attached hydrogen (secondary N) is 2. The molecular formula is C15H29N3O3. The van der Waals surface area contributed by atoms with E-state index in [-0.39, 0.29) is 0 Å². The third kappa shape index (κ3) is 5.19. The van der Waals surface area contributed by atoms with Crippen molar-refractivity contribution in [3.8, 4) is 0 Å². The summed E-state index contributed by atoms with van der Waals surface area (Å²) < 4.78 is 0. The normalized spacial score (nSPS) is 22.0. The summed E-state index contributed by atoms with van der Waals surface area (Å²) in [5.74, 6) is -0.549. The zero-order valence-electron chi connectivity index (χ0n) is 13.6. The molecule has 0 radical (unpaired) electrons. The van der Waals surface area contributed by atoms with Crippen LogP contribution in [0.2, 0.25) is 0 Å². The van der Waals surface area contributed by atoms with Crippen molar-refractivity contribution in [3.05, 3.63) is 0 Å². The first kappa shape index (κ1) is 17.8. The minimum atomic E-state index is -1.20. The molecule has 1 heterocycles. The molecule has 0 bridgehead atoms. The van der Waals surface area contributed by atoms with Gasteiger partial charge in [-0.25, -0.2) is 9.59 Å². The van der Waals surface area contributed by atoms with Crippen LogP contribution in [0.1, 0.15) is 47.0 Å². The lowest BCUT2D eigenvalue weighted by atomic mass is 9.96. The summed E-state index contributed by atoms with van der Waals surface area (Å²) >= 11 is 0. The highest BCUT2D eigenvalue weighted by Crippen LogP contribution is 2.17. The van der Waals surface area contributed by atoms with E-state index in [1.54, 1.807) is 6.92 Å². The molecule has 0 spiro atoms. The zero-order valence-corrected chi connectivity index (χ0v) is 13.6. The van der Waals surface area contributed by atoms with E-state index in [0.717, 1.165) is 19.5 Å². The Bertz CT molecular complexity index is 373. The highest BCUT2D eigenvalue weighted by molar-refractivity contribution is 5.85. The molecule has 0 saturated carbocycles. The van der Waals surface area contributed by atoms with Crippen LogP contribution in [0.4, 0.5) is 4.79 Å². The van der Waals surface area contributed by atoms with Crippen molar-refractivity contribution in [2.24, 2.45) is 5.92 Å². The number of carboxylic acids is 1. The summed E-state index contributed by atoms with van der Waals surface area (Å²) in [6, 6.07) is 0.139. The lowest BCUT2D eigenvalue weighted by molar-refractivity contribution is -0.144. The Hall–Kier alpha value is -1.30. The summed E-state index contributed by atoms with van der Waals surface area (Å²) in [6.07, 6.45) is 2.19. The largest absolute Gasteiger partial charge is 0.480 e. The Morgan fingerprint density at radius 1 is 1.43 bits per heavy atom. The van der Waals surface area contributed by atoms with Crippen LogP contribution in [0.3, 0.4) is 0 Å².